The maximum absolute atomic E-state index is 6.43. The van der Waals surface area contributed by atoms with Crippen LogP contribution < -0.4 is 4.74 Å². The Balaban J connectivity index is 1.35. The van der Waals surface area contributed by atoms with Gasteiger partial charge in [0, 0.05) is 63.3 Å². The van der Waals surface area contributed by atoms with Gasteiger partial charge in [-0.05, 0) is 89.8 Å². The highest BCUT2D eigenvalue weighted by molar-refractivity contribution is 7.27. The molecule has 11 aromatic rings. The van der Waals surface area contributed by atoms with Crippen molar-refractivity contribution in [3.05, 3.63) is 139 Å². The fourth-order valence-corrected chi connectivity index (χ4v) is 9.43. The Morgan fingerprint density at radius 2 is 0.920 bits per heavy atom. The van der Waals surface area contributed by atoms with E-state index >= 15 is 0 Å². The van der Waals surface area contributed by atoms with Crippen LogP contribution in [0.4, 0.5) is 0 Å². The molecule has 0 N–H and O–H groups in total. The summed E-state index contributed by atoms with van der Waals surface area (Å²) in [6.45, 7) is 2.14. The standard InChI is InChI=1S/C46H28O3S/c1-25-11-13-26(14-12-25)33-23-35-36-24-34(27-15-17-28(47-2)18-16-27)42-32(20-22-40-44(42)30-8-4-6-10-38(30)49-40)46(36)50-45(35)31-19-21-39-43(41(31)33)29-7-3-5-9-37(29)48-39/h3-24H,1-2H3. The molecule has 3 heterocycles. The summed E-state index contributed by atoms with van der Waals surface area (Å²) in [6, 6.07) is 47.8. The summed E-state index contributed by atoms with van der Waals surface area (Å²) in [4.78, 5) is 0. The molecule has 11 rings (SSSR count). The van der Waals surface area contributed by atoms with Crippen molar-refractivity contribution in [3.63, 3.8) is 0 Å². The van der Waals surface area contributed by atoms with Crippen LogP contribution in [0.25, 0.3) is 108 Å². The second-order valence-corrected chi connectivity index (χ2v) is 14.2. The van der Waals surface area contributed by atoms with Gasteiger partial charge >= 0.3 is 0 Å². The monoisotopic (exact) mass is 660 g/mol. The van der Waals surface area contributed by atoms with Crippen molar-refractivity contribution in [1.29, 1.82) is 0 Å². The SMILES string of the molecule is COc1ccc(-c2cc3c4cc(-c5ccc(C)cc5)c5c(ccc6oc7ccccc7c65)c4sc3c3ccc4oc5ccccc5c4c23)cc1. The second-order valence-electron chi connectivity index (χ2n) is 13.2. The molecule has 0 unspecified atom stereocenters. The van der Waals surface area contributed by atoms with E-state index in [9.17, 15) is 0 Å². The van der Waals surface area contributed by atoms with Gasteiger partial charge in [-0.2, -0.15) is 0 Å². The topological polar surface area (TPSA) is 35.5 Å². The molecule has 0 amide bonds. The minimum absolute atomic E-state index is 0.839. The van der Waals surface area contributed by atoms with Gasteiger partial charge in [-0.25, -0.2) is 0 Å². The molecule has 0 aliphatic heterocycles. The maximum Gasteiger partial charge on any atom is 0.136 e. The lowest BCUT2D eigenvalue weighted by molar-refractivity contribution is 0.415. The van der Waals surface area contributed by atoms with Crippen molar-refractivity contribution in [1.82, 2.24) is 0 Å². The van der Waals surface area contributed by atoms with Crippen LogP contribution >= 0.6 is 11.3 Å². The molecule has 3 nitrogen and oxygen atoms in total. The molecular weight excluding hydrogens is 633 g/mol. The molecule has 0 bridgehead atoms. The van der Waals surface area contributed by atoms with Gasteiger partial charge in [0.2, 0.25) is 0 Å². The predicted octanol–water partition coefficient (Wildman–Crippen LogP) is 13.8. The molecule has 0 aliphatic rings. The molecule has 8 aromatic carbocycles. The first kappa shape index (κ1) is 27.8. The maximum atomic E-state index is 6.43. The number of ether oxygens (including phenoxy) is 1. The average Bonchev–Trinajstić information content (AvgIpc) is 3.85. The molecule has 0 saturated carbocycles. The number of methoxy groups -OCH3 is 1. The number of para-hydroxylation sites is 2. The van der Waals surface area contributed by atoms with Crippen molar-refractivity contribution < 1.29 is 13.6 Å². The third kappa shape index (κ3) is 3.80. The number of hydrogen-bond acceptors (Lipinski definition) is 4. The Bertz CT molecular complexity index is 3170. The Morgan fingerprint density at radius 3 is 1.42 bits per heavy atom. The van der Waals surface area contributed by atoms with Gasteiger partial charge in [0.25, 0.3) is 0 Å². The van der Waals surface area contributed by atoms with E-state index in [1.165, 1.54) is 69.4 Å². The fraction of sp³-hybridized carbons (Fsp3) is 0.0435. The Labute approximate surface area is 290 Å². The lowest BCUT2D eigenvalue weighted by atomic mass is 9.90. The van der Waals surface area contributed by atoms with Gasteiger partial charge in [0.15, 0.2) is 0 Å². The van der Waals surface area contributed by atoms with Crippen LogP contribution in [-0.2, 0) is 0 Å². The van der Waals surface area contributed by atoms with Crippen molar-refractivity contribution in [2.75, 3.05) is 7.11 Å². The fourth-order valence-electron chi connectivity index (χ4n) is 8.11. The average molecular weight is 661 g/mol. The number of fused-ring (bicyclic) bond motifs is 15. The molecule has 50 heavy (non-hydrogen) atoms. The van der Waals surface area contributed by atoms with Crippen molar-refractivity contribution in [2.45, 2.75) is 6.92 Å². The summed E-state index contributed by atoms with van der Waals surface area (Å²) >= 11 is 1.89. The summed E-state index contributed by atoms with van der Waals surface area (Å²) in [5.74, 6) is 0.839. The smallest absolute Gasteiger partial charge is 0.136 e. The Hall–Kier alpha value is -6.10. The normalized spacial score (nSPS) is 12.2. The molecule has 0 spiro atoms. The Morgan fingerprint density at radius 1 is 0.440 bits per heavy atom. The van der Waals surface area contributed by atoms with Crippen LogP contribution in [0.3, 0.4) is 0 Å². The summed E-state index contributed by atoms with van der Waals surface area (Å²) in [7, 11) is 1.71. The van der Waals surface area contributed by atoms with Crippen LogP contribution in [0.15, 0.2) is 142 Å². The van der Waals surface area contributed by atoms with Crippen LogP contribution in [0.2, 0.25) is 0 Å². The predicted molar refractivity (Wildman–Crippen MR) is 211 cm³/mol. The molecule has 4 heteroatoms. The number of hydrogen-bond donors (Lipinski definition) is 0. The van der Waals surface area contributed by atoms with Gasteiger partial charge in [-0.1, -0.05) is 78.4 Å². The Kier molecular flexibility index (Phi) is 5.68. The second kappa shape index (κ2) is 10.2. The van der Waals surface area contributed by atoms with E-state index in [0.29, 0.717) is 0 Å². The lowest BCUT2D eigenvalue weighted by Crippen LogP contribution is -1.87. The van der Waals surface area contributed by atoms with E-state index in [1.54, 1.807) is 7.11 Å². The molecule has 0 saturated heterocycles. The van der Waals surface area contributed by atoms with E-state index in [1.807, 2.05) is 35.6 Å². The van der Waals surface area contributed by atoms with Gasteiger partial charge < -0.3 is 13.6 Å². The van der Waals surface area contributed by atoms with Gasteiger partial charge in [-0.3, -0.25) is 0 Å². The first-order valence-corrected chi connectivity index (χ1v) is 17.7. The van der Waals surface area contributed by atoms with E-state index in [4.69, 9.17) is 13.6 Å². The highest BCUT2D eigenvalue weighted by Gasteiger charge is 2.23. The van der Waals surface area contributed by atoms with E-state index < -0.39 is 0 Å². The van der Waals surface area contributed by atoms with Gasteiger partial charge in [-0.15, -0.1) is 11.3 Å². The van der Waals surface area contributed by atoms with Gasteiger partial charge in [0.05, 0.1) is 7.11 Å². The highest BCUT2D eigenvalue weighted by Crippen LogP contribution is 2.51. The van der Waals surface area contributed by atoms with Crippen molar-refractivity contribution in [2.24, 2.45) is 0 Å². The van der Waals surface area contributed by atoms with E-state index in [-0.39, 0.29) is 0 Å². The largest absolute Gasteiger partial charge is 0.497 e. The minimum atomic E-state index is 0.839. The lowest BCUT2D eigenvalue weighted by Gasteiger charge is -2.12. The quantitative estimate of drug-likeness (QED) is 0.189. The summed E-state index contributed by atoms with van der Waals surface area (Å²) in [6.07, 6.45) is 0. The van der Waals surface area contributed by atoms with Crippen LogP contribution in [0.1, 0.15) is 5.56 Å². The molecule has 0 radical (unpaired) electrons. The minimum Gasteiger partial charge on any atom is -0.497 e. The molecule has 236 valence electrons. The molecule has 0 aliphatic carbocycles. The number of rotatable bonds is 3. The van der Waals surface area contributed by atoms with Crippen LogP contribution in [-0.4, -0.2) is 7.11 Å². The zero-order valence-corrected chi connectivity index (χ0v) is 28.2. The molecule has 0 fully saturated rings. The van der Waals surface area contributed by atoms with Crippen molar-refractivity contribution in [3.8, 4) is 28.0 Å². The van der Waals surface area contributed by atoms with Gasteiger partial charge in [0.1, 0.15) is 28.1 Å². The summed E-state index contributed by atoms with van der Waals surface area (Å²) in [5, 5.41) is 12.0. The van der Waals surface area contributed by atoms with Crippen LogP contribution in [0.5, 0.6) is 5.75 Å². The summed E-state index contributed by atoms with van der Waals surface area (Å²) < 4.78 is 21.0. The van der Waals surface area contributed by atoms with Crippen LogP contribution in [0, 0.1) is 6.92 Å². The number of benzene rings is 8. The molecule has 3 aromatic heterocycles. The molecule has 0 atom stereocenters. The third-order valence-electron chi connectivity index (χ3n) is 10.4. The first-order chi connectivity index (χ1) is 24.6. The summed E-state index contributed by atoms with van der Waals surface area (Å²) in [5.41, 5.74) is 9.59. The first-order valence-electron chi connectivity index (χ1n) is 16.9. The van der Waals surface area contributed by atoms with E-state index in [0.717, 1.165) is 49.8 Å². The molecular formula is C46H28O3S. The highest BCUT2D eigenvalue weighted by atomic mass is 32.1. The zero-order valence-electron chi connectivity index (χ0n) is 27.3. The zero-order chi connectivity index (χ0) is 33.1. The number of aryl methyl sites for hydroxylation is 1. The van der Waals surface area contributed by atoms with Crippen molar-refractivity contribution >= 4 is 96.9 Å². The number of furan rings is 2. The van der Waals surface area contributed by atoms with E-state index in [2.05, 4.69) is 116 Å². The third-order valence-corrected chi connectivity index (χ3v) is 11.7. The number of thiophene rings is 1.